The van der Waals surface area contributed by atoms with Gasteiger partial charge in [0.25, 0.3) is 0 Å². The second-order valence-electron chi connectivity index (χ2n) is 5.91. The number of amides is 1. The maximum atomic E-state index is 12.0. The fourth-order valence-electron chi connectivity index (χ4n) is 2.48. The molecule has 4 nitrogen and oxygen atoms in total. The van der Waals surface area contributed by atoms with E-state index < -0.39 is 0 Å². The maximum Gasteiger partial charge on any atom is 0.244 e. The van der Waals surface area contributed by atoms with Gasteiger partial charge in [-0.1, -0.05) is 24.3 Å². The highest BCUT2D eigenvalue weighted by Crippen LogP contribution is 2.27. The number of carbonyl (C=O) groups is 1. The SMILES string of the molecule is COc1ccc(C=CC(=O)NCCc2ccc(C)c(C)c2)cc1OC. The summed E-state index contributed by atoms with van der Waals surface area (Å²) in [6.07, 6.45) is 4.10. The first-order valence-electron chi connectivity index (χ1n) is 8.27. The minimum absolute atomic E-state index is 0.112. The molecule has 0 fully saturated rings. The molecule has 0 aromatic heterocycles. The average molecular weight is 339 g/mol. The van der Waals surface area contributed by atoms with Crippen LogP contribution in [0.25, 0.3) is 6.08 Å². The van der Waals surface area contributed by atoms with E-state index in [0.29, 0.717) is 18.0 Å². The van der Waals surface area contributed by atoms with Crippen molar-refractivity contribution in [1.29, 1.82) is 0 Å². The molecule has 0 unspecified atom stereocenters. The molecule has 132 valence electrons. The number of hydrogen-bond acceptors (Lipinski definition) is 3. The molecule has 1 N–H and O–H groups in total. The summed E-state index contributed by atoms with van der Waals surface area (Å²) < 4.78 is 10.5. The van der Waals surface area contributed by atoms with Crippen LogP contribution >= 0.6 is 0 Å². The second-order valence-corrected chi connectivity index (χ2v) is 5.91. The Bertz CT molecular complexity index is 766. The molecule has 0 saturated heterocycles. The fraction of sp³-hybridized carbons (Fsp3) is 0.286. The van der Waals surface area contributed by atoms with Crippen molar-refractivity contribution in [2.24, 2.45) is 0 Å². The Hall–Kier alpha value is -2.75. The number of carbonyl (C=O) groups excluding carboxylic acids is 1. The Morgan fingerprint density at radius 2 is 1.76 bits per heavy atom. The summed E-state index contributed by atoms with van der Waals surface area (Å²) in [5.41, 5.74) is 4.66. The Kier molecular flexibility index (Phi) is 6.63. The molecule has 25 heavy (non-hydrogen) atoms. The Balaban J connectivity index is 1.87. The lowest BCUT2D eigenvalue weighted by atomic mass is 10.0. The summed E-state index contributed by atoms with van der Waals surface area (Å²) in [5.74, 6) is 1.19. The van der Waals surface area contributed by atoms with Crippen molar-refractivity contribution < 1.29 is 14.3 Å². The van der Waals surface area contributed by atoms with E-state index in [1.165, 1.54) is 22.8 Å². The van der Waals surface area contributed by atoms with Crippen LogP contribution in [0.1, 0.15) is 22.3 Å². The van der Waals surface area contributed by atoms with Crippen LogP contribution in [0.4, 0.5) is 0 Å². The summed E-state index contributed by atoms with van der Waals surface area (Å²) >= 11 is 0. The van der Waals surface area contributed by atoms with Gasteiger partial charge in [0.1, 0.15) is 0 Å². The van der Waals surface area contributed by atoms with Crippen LogP contribution in [-0.4, -0.2) is 26.7 Å². The zero-order valence-electron chi connectivity index (χ0n) is 15.3. The molecular weight excluding hydrogens is 314 g/mol. The Morgan fingerprint density at radius 1 is 1.00 bits per heavy atom. The van der Waals surface area contributed by atoms with Gasteiger partial charge in [-0.15, -0.1) is 0 Å². The molecule has 0 aliphatic heterocycles. The lowest BCUT2D eigenvalue weighted by Gasteiger charge is -2.08. The molecule has 4 heteroatoms. The summed E-state index contributed by atoms with van der Waals surface area (Å²) in [5, 5.41) is 2.90. The highest BCUT2D eigenvalue weighted by Gasteiger charge is 2.03. The first-order valence-corrected chi connectivity index (χ1v) is 8.27. The van der Waals surface area contributed by atoms with E-state index >= 15 is 0 Å². The van der Waals surface area contributed by atoms with Gasteiger partial charge in [0.05, 0.1) is 14.2 Å². The third kappa shape index (κ3) is 5.38. The van der Waals surface area contributed by atoms with Crippen molar-refractivity contribution in [3.05, 3.63) is 64.7 Å². The number of ether oxygens (including phenoxy) is 2. The molecule has 0 atom stereocenters. The molecule has 0 saturated carbocycles. The lowest BCUT2D eigenvalue weighted by Crippen LogP contribution is -2.23. The summed E-state index contributed by atoms with van der Waals surface area (Å²) in [6.45, 7) is 4.81. The Morgan fingerprint density at radius 3 is 2.44 bits per heavy atom. The van der Waals surface area contributed by atoms with E-state index in [0.717, 1.165) is 12.0 Å². The molecule has 2 rings (SSSR count). The van der Waals surface area contributed by atoms with E-state index in [9.17, 15) is 4.79 Å². The molecule has 0 aliphatic rings. The van der Waals surface area contributed by atoms with E-state index in [1.807, 2.05) is 18.2 Å². The molecule has 0 bridgehead atoms. The largest absolute Gasteiger partial charge is 0.493 e. The number of aryl methyl sites for hydroxylation is 2. The van der Waals surface area contributed by atoms with Gasteiger partial charge in [-0.05, 0) is 60.7 Å². The van der Waals surface area contributed by atoms with Crippen LogP contribution in [0.15, 0.2) is 42.5 Å². The van der Waals surface area contributed by atoms with Crippen LogP contribution < -0.4 is 14.8 Å². The molecule has 0 spiro atoms. The van der Waals surface area contributed by atoms with Gasteiger partial charge in [0.2, 0.25) is 5.91 Å². The third-order valence-corrected chi connectivity index (χ3v) is 4.12. The van der Waals surface area contributed by atoms with Crippen molar-refractivity contribution in [3.63, 3.8) is 0 Å². The predicted octanol–water partition coefficient (Wildman–Crippen LogP) is 3.69. The minimum Gasteiger partial charge on any atom is -0.493 e. The van der Waals surface area contributed by atoms with Gasteiger partial charge in [-0.2, -0.15) is 0 Å². The van der Waals surface area contributed by atoms with Gasteiger partial charge in [-0.3, -0.25) is 4.79 Å². The van der Waals surface area contributed by atoms with Crippen LogP contribution in [0, 0.1) is 13.8 Å². The highest BCUT2D eigenvalue weighted by molar-refractivity contribution is 5.91. The Labute approximate surface area is 149 Å². The van der Waals surface area contributed by atoms with Crippen molar-refractivity contribution >= 4 is 12.0 Å². The first-order chi connectivity index (χ1) is 12.0. The summed E-state index contributed by atoms with van der Waals surface area (Å²) in [4.78, 5) is 12.0. The summed E-state index contributed by atoms with van der Waals surface area (Å²) in [6, 6.07) is 11.9. The van der Waals surface area contributed by atoms with Crippen molar-refractivity contribution in [2.75, 3.05) is 20.8 Å². The van der Waals surface area contributed by atoms with Crippen LogP contribution in [0.3, 0.4) is 0 Å². The van der Waals surface area contributed by atoms with E-state index in [1.54, 1.807) is 20.3 Å². The number of rotatable bonds is 7. The van der Waals surface area contributed by atoms with Gasteiger partial charge in [0, 0.05) is 12.6 Å². The molecule has 2 aromatic rings. The van der Waals surface area contributed by atoms with Crippen molar-refractivity contribution in [3.8, 4) is 11.5 Å². The average Bonchev–Trinajstić information content (AvgIpc) is 2.62. The van der Waals surface area contributed by atoms with Crippen molar-refractivity contribution in [1.82, 2.24) is 5.32 Å². The summed E-state index contributed by atoms with van der Waals surface area (Å²) in [7, 11) is 3.18. The second kappa shape index (κ2) is 8.92. The zero-order valence-corrected chi connectivity index (χ0v) is 15.3. The smallest absolute Gasteiger partial charge is 0.244 e. The standard InChI is InChI=1S/C21H25NO3/c1-15-5-6-18(13-16(15)2)11-12-22-21(23)10-8-17-7-9-19(24-3)20(14-17)25-4/h5-10,13-14H,11-12H2,1-4H3,(H,22,23). The van der Waals surface area contributed by atoms with Crippen LogP contribution in [-0.2, 0) is 11.2 Å². The molecule has 0 heterocycles. The van der Waals surface area contributed by atoms with Gasteiger partial charge in [0.15, 0.2) is 11.5 Å². The topological polar surface area (TPSA) is 47.6 Å². The third-order valence-electron chi connectivity index (χ3n) is 4.12. The van der Waals surface area contributed by atoms with E-state index in [-0.39, 0.29) is 5.91 Å². The normalized spacial score (nSPS) is 10.7. The van der Waals surface area contributed by atoms with Crippen LogP contribution in [0.5, 0.6) is 11.5 Å². The molecule has 0 radical (unpaired) electrons. The van der Waals surface area contributed by atoms with Gasteiger partial charge < -0.3 is 14.8 Å². The van der Waals surface area contributed by atoms with Crippen molar-refractivity contribution in [2.45, 2.75) is 20.3 Å². The minimum atomic E-state index is -0.112. The fourth-order valence-corrected chi connectivity index (χ4v) is 2.48. The number of benzene rings is 2. The monoisotopic (exact) mass is 339 g/mol. The number of hydrogen-bond donors (Lipinski definition) is 1. The molecule has 1 amide bonds. The van der Waals surface area contributed by atoms with Gasteiger partial charge >= 0.3 is 0 Å². The van der Waals surface area contributed by atoms with Crippen LogP contribution in [0.2, 0.25) is 0 Å². The maximum absolute atomic E-state index is 12.0. The van der Waals surface area contributed by atoms with E-state index in [2.05, 4.69) is 37.4 Å². The molecule has 2 aromatic carbocycles. The van der Waals surface area contributed by atoms with Gasteiger partial charge in [-0.25, -0.2) is 0 Å². The number of nitrogens with one attached hydrogen (secondary N) is 1. The molecule has 0 aliphatic carbocycles. The lowest BCUT2D eigenvalue weighted by molar-refractivity contribution is -0.116. The van der Waals surface area contributed by atoms with E-state index in [4.69, 9.17) is 9.47 Å². The predicted molar refractivity (Wildman–Crippen MR) is 101 cm³/mol. The highest BCUT2D eigenvalue weighted by atomic mass is 16.5. The first kappa shape index (κ1) is 18.6. The zero-order chi connectivity index (χ0) is 18.2. The molecular formula is C21H25NO3. The number of methoxy groups -OCH3 is 2. The quantitative estimate of drug-likeness (QED) is 0.783.